The molecular formula is C16H10BrNO3. The molecule has 0 saturated heterocycles. The zero-order chi connectivity index (χ0) is 14.8. The van der Waals surface area contributed by atoms with Gasteiger partial charge < -0.3 is 9.84 Å². The van der Waals surface area contributed by atoms with Crippen LogP contribution < -0.4 is 4.74 Å². The van der Waals surface area contributed by atoms with Crippen molar-refractivity contribution in [3.63, 3.8) is 0 Å². The van der Waals surface area contributed by atoms with E-state index in [1.54, 1.807) is 12.3 Å². The monoisotopic (exact) mass is 343 g/mol. The predicted octanol–water partition coefficient (Wildman–Crippen LogP) is 4.49. The lowest BCUT2D eigenvalue weighted by Crippen LogP contribution is -1.97. The third-order valence-corrected chi connectivity index (χ3v) is 3.68. The second-order valence-electron chi connectivity index (χ2n) is 4.39. The van der Waals surface area contributed by atoms with Gasteiger partial charge in [0.15, 0.2) is 0 Å². The van der Waals surface area contributed by atoms with Gasteiger partial charge in [0.05, 0.1) is 10.0 Å². The summed E-state index contributed by atoms with van der Waals surface area (Å²) in [5, 5.41) is 10.9. The highest BCUT2D eigenvalue weighted by Gasteiger charge is 2.11. The molecule has 104 valence electrons. The number of carbonyl (C=O) groups is 1. The maximum absolute atomic E-state index is 11.0. The zero-order valence-electron chi connectivity index (χ0n) is 10.8. The molecule has 0 aliphatic carbocycles. The Bertz CT molecular complexity index is 827. The van der Waals surface area contributed by atoms with E-state index in [0.717, 1.165) is 10.8 Å². The van der Waals surface area contributed by atoms with Gasteiger partial charge in [-0.1, -0.05) is 18.2 Å². The molecule has 0 aliphatic rings. The third-order valence-electron chi connectivity index (χ3n) is 3.02. The number of hydrogen-bond acceptors (Lipinski definition) is 3. The molecule has 0 spiro atoms. The molecule has 21 heavy (non-hydrogen) atoms. The van der Waals surface area contributed by atoms with Gasteiger partial charge in [-0.25, -0.2) is 9.78 Å². The van der Waals surface area contributed by atoms with Crippen molar-refractivity contribution in [3.8, 4) is 11.6 Å². The van der Waals surface area contributed by atoms with Crippen LogP contribution in [0.1, 0.15) is 10.4 Å². The Morgan fingerprint density at radius 2 is 1.95 bits per heavy atom. The molecule has 0 radical (unpaired) electrons. The number of aromatic carboxylic acids is 1. The Kier molecular flexibility index (Phi) is 3.58. The van der Waals surface area contributed by atoms with Gasteiger partial charge in [0.1, 0.15) is 5.75 Å². The molecule has 0 aliphatic heterocycles. The fourth-order valence-electron chi connectivity index (χ4n) is 1.99. The van der Waals surface area contributed by atoms with Crippen LogP contribution >= 0.6 is 15.9 Å². The molecule has 3 aromatic rings. The molecule has 0 fully saturated rings. The second kappa shape index (κ2) is 5.54. The van der Waals surface area contributed by atoms with E-state index >= 15 is 0 Å². The summed E-state index contributed by atoms with van der Waals surface area (Å²) in [4.78, 5) is 15.3. The Morgan fingerprint density at radius 3 is 2.76 bits per heavy atom. The van der Waals surface area contributed by atoms with Crippen molar-refractivity contribution in [1.82, 2.24) is 4.98 Å². The highest BCUT2D eigenvalue weighted by atomic mass is 79.9. The van der Waals surface area contributed by atoms with Crippen LogP contribution in [-0.4, -0.2) is 16.1 Å². The van der Waals surface area contributed by atoms with Crippen molar-refractivity contribution in [2.24, 2.45) is 0 Å². The van der Waals surface area contributed by atoms with Gasteiger partial charge in [0.25, 0.3) is 0 Å². The number of nitrogens with zero attached hydrogens (tertiary/aromatic N) is 1. The van der Waals surface area contributed by atoms with Crippen molar-refractivity contribution < 1.29 is 14.6 Å². The first-order valence-electron chi connectivity index (χ1n) is 6.19. The number of carboxylic acids is 1. The topological polar surface area (TPSA) is 59.4 Å². The summed E-state index contributed by atoms with van der Waals surface area (Å²) >= 11 is 3.36. The third kappa shape index (κ3) is 2.73. The molecule has 5 heteroatoms. The van der Waals surface area contributed by atoms with Gasteiger partial charge >= 0.3 is 5.97 Å². The van der Waals surface area contributed by atoms with Crippen LogP contribution in [0.2, 0.25) is 0 Å². The Balaban J connectivity index is 2.06. The fourth-order valence-corrected chi connectivity index (χ4v) is 2.32. The first-order chi connectivity index (χ1) is 10.1. The number of pyridine rings is 1. The number of aromatic nitrogens is 1. The average Bonchev–Trinajstić information content (AvgIpc) is 2.49. The van der Waals surface area contributed by atoms with Crippen LogP contribution in [0.25, 0.3) is 10.8 Å². The predicted molar refractivity (Wildman–Crippen MR) is 82.9 cm³/mol. The summed E-state index contributed by atoms with van der Waals surface area (Å²) in [6.45, 7) is 0. The van der Waals surface area contributed by atoms with Crippen LogP contribution in [-0.2, 0) is 0 Å². The summed E-state index contributed by atoms with van der Waals surface area (Å²) in [6.07, 6.45) is 1.66. The van der Waals surface area contributed by atoms with Gasteiger partial charge in [0.2, 0.25) is 5.88 Å². The molecular weight excluding hydrogens is 334 g/mol. The van der Waals surface area contributed by atoms with E-state index in [1.807, 2.05) is 30.3 Å². The van der Waals surface area contributed by atoms with E-state index in [2.05, 4.69) is 20.9 Å². The molecule has 4 nitrogen and oxygen atoms in total. The quantitative estimate of drug-likeness (QED) is 0.761. The summed E-state index contributed by atoms with van der Waals surface area (Å²) in [5.74, 6) is -0.145. The van der Waals surface area contributed by atoms with Crippen molar-refractivity contribution in [2.45, 2.75) is 0 Å². The summed E-state index contributed by atoms with van der Waals surface area (Å²) in [7, 11) is 0. The molecule has 3 rings (SSSR count). The molecule has 0 saturated carbocycles. The van der Waals surface area contributed by atoms with Gasteiger partial charge in [-0.3, -0.25) is 0 Å². The number of ether oxygens (including phenoxy) is 1. The fraction of sp³-hybridized carbons (Fsp3) is 0. The molecule has 1 N–H and O–H groups in total. The first kappa shape index (κ1) is 13.6. The molecule has 0 atom stereocenters. The number of benzene rings is 2. The van der Waals surface area contributed by atoms with Crippen molar-refractivity contribution in [1.29, 1.82) is 0 Å². The van der Waals surface area contributed by atoms with E-state index in [0.29, 0.717) is 16.1 Å². The maximum Gasteiger partial charge on any atom is 0.335 e. The molecule has 1 aromatic heterocycles. The minimum atomic E-state index is -1.00. The number of halogens is 1. The maximum atomic E-state index is 11.0. The minimum absolute atomic E-state index is 0.161. The first-order valence-corrected chi connectivity index (χ1v) is 6.99. The second-order valence-corrected chi connectivity index (χ2v) is 5.24. The van der Waals surface area contributed by atoms with Crippen molar-refractivity contribution in [2.75, 3.05) is 0 Å². The van der Waals surface area contributed by atoms with Crippen molar-refractivity contribution in [3.05, 3.63) is 64.8 Å². The Labute approximate surface area is 129 Å². The van der Waals surface area contributed by atoms with Gasteiger partial charge in [-0.05, 0) is 51.6 Å². The summed E-state index contributed by atoms with van der Waals surface area (Å²) in [6, 6.07) is 14.2. The van der Waals surface area contributed by atoms with E-state index in [4.69, 9.17) is 9.84 Å². The molecule has 0 unspecified atom stereocenters. The van der Waals surface area contributed by atoms with E-state index in [-0.39, 0.29) is 5.56 Å². The lowest BCUT2D eigenvalue weighted by molar-refractivity contribution is 0.0696. The Morgan fingerprint density at radius 1 is 1.14 bits per heavy atom. The van der Waals surface area contributed by atoms with Gasteiger partial charge in [0, 0.05) is 11.6 Å². The smallest absolute Gasteiger partial charge is 0.335 e. The molecule has 0 amide bonds. The van der Waals surface area contributed by atoms with Gasteiger partial charge in [-0.2, -0.15) is 0 Å². The highest BCUT2D eigenvalue weighted by Crippen LogP contribution is 2.33. The number of carboxylic acid groups (broad SMARTS) is 1. The standard InChI is InChI=1S/C16H10BrNO3/c17-13-6-5-11(16(19)20)9-14(13)21-15-12-4-2-1-3-10(12)7-8-18-15/h1-9H,(H,19,20). The van der Waals surface area contributed by atoms with E-state index in [9.17, 15) is 4.79 Å². The Hall–Kier alpha value is -2.40. The number of hydrogen-bond donors (Lipinski definition) is 1. The minimum Gasteiger partial charge on any atom is -0.478 e. The molecule has 1 heterocycles. The van der Waals surface area contributed by atoms with E-state index < -0.39 is 5.97 Å². The normalized spacial score (nSPS) is 10.5. The average molecular weight is 344 g/mol. The van der Waals surface area contributed by atoms with Crippen LogP contribution in [0.4, 0.5) is 0 Å². The summed E-state index contributed by atoms with van der Waals surface area (Å²) < 4.78 is 6.46. The molecule has 0 bridgehead atoms. The number of fused-ring (bicyclic) bond motifs is 1. The van der Waals surface area contributed by atoms with Crippen molar-refractivity contribution >= 4 is 32.7 Å². The van der Waals surface area contributed by atoms with E-state index in [1.165, 1.54) is 12.1 Å². The lowest BCUT2D eigenvalue weighted by atomic mass is 10.2. The van der Waals surface area contributed by atoms with Crippen LogP contribution in [0.5, 0.6) is 11.6 Å². The molecule has 2 aromatic carbocycles. The lowest BCUT2D eigenvalue weighted by Gasteiger charge is -2.10. The summed E-state index contributed by atoms with van der Waals surface area (Å²) in [5.41, 5.74) is 0.161. The largest absolute Gasteiger partial charge is 0.478 e. The van der Waals surface area contributed by atoms with Crippen LogP contribution in [0.3, 0.4) is 0 Å². The highest BCUT2D eigenvalue weighted by molar-refractivity contribution is 9.10. The SMILES string of the molecule is O=C(O)c1ccc(Br)c(Oc2nccc3ccccc23)c1. The number of rotatable bonds is 3. The zero-order valence-corrected chi connectivity index (χ0v) is 12.4. The van der Waals surface area contributed by atoms with Crippen LogP contribution in [0, 0.1) is 0 Å². The van der Waals surface area contributed by atoms with Crippen LogP contribution in [0.15, 0.2) is 59.2 Å². The van der Waals surface area contributed by atoms with Gasteiger partial charge in [-0.15, -0.1) is 0 Å².